The van der Waals surface area contributed by atoms with Crippen molar-refractivity contribution in [1.29, 1.82) is 0 Å². The molecule has 0 spiro atoms. The van der Waals surface area contributed by atoms with E-state index in [0.717, 1.165) is 19.4 Å². The van der Waals surface area contributed by atoms with Gasteiger partial charge in [-0.2, -0.15) is 0 Å². The van der Waals surface area contributed by atoms with E-state index in [4.69, 9.17) is 14.6 Å². The molecular formula is C16H23NO4. The molecule has 1 aromatic carbocycles. The van der Waals surface area contributed by atoms with Crippen molar-refractivity contribution in [2.24, 2.45) is 5.92 Å². The second-order valence-corrected chi connectivity index (χ2v) is 5.29. The number of piperidine rings is 1. The molecule has 0 aliphatic carbocycles. The summed E-state index contributed by atoms with van der Waals surface area (Å²) in [7, 11) is 3.15. The zero-order valence-corrected chi connectivity index (χ0v) is 12.7. The Morgan fingerprint density at radius 2 is 2.19 bits per heavy atom. The summed E-state index contributed by atoms with van der Waals surface area (Å²) in [4.78, 5) is 14.9. The number of hydrogen-bond acceptors (Lipinski definition) is 5. The minimum atomic E-state index is -0.0346. The molecule has 1 unspecified atom stereocenters. The largest absolute Gasteiger partial charge is 0.497 e. The van der Waals surface area contributed by atoms with E-state index < -0.39 is 0 Å². The number of carbonyl (C=O) groups excluding carboxylic acids is 1. The zero-order valence-electron chi connectivity index (χ0n) is 12.7. The number of methoxy groups -OCH3 is 2. The van der Waals surface area contributed by atoms with Crippen molar-refractivity contribution in [2.75, 3.05) is 40.5 Å². The topological polar surface area (TPSA) is 59.0 Å². The van der Waals surface area contributed by atoms with Gasteiger partial charge in [0.2, 0.25) is 0 Å². The highest BCUT2D eigenvalue weighted by molar-refractivity contribution is 6.00. The minimum absolute atomic E-state index is 0.0346. The van der Waals surface area contributed by atoms with E-state index >= 15 is 0 Å². The van der Waals surface area contributed by atoms with E-state index in [-0.39, 0.29) is 18.3 Å². The normalized spacial score (nSPS) is 19.3. The van der Waals surface area contributed by atoms with Gasteiger partial charge in [0, 0.05) is 25.1 Å². The van der Waals surface area contributed by atoms with Crippen LogP contribution in [0.2, 0.25) is 0 Å². The number of aliphatic hydroxyl groups is 1. The lowest BCUT2D eigenvalue weighted by Crippen LogP contribution is -2.40. The summed E-state index contributed by atoms with van der Waals surface area (Å²) in [6, 6.07) is 5.29. The molecule has 1 aliphatic rings. The Labute approximate surface area is 125 Å². The number of hydrogen-bond donors (Lipinski definition) is 1. The van der Waals surface area contributed by atoms with Crippen LogP contribution in [0.25, 0.3) is 0 Å². The molecule has 1 fully saturated rings. The maximum absolute atomic E-state index is 12.7. The number of Topliss-reactive ketones (excluding diaryl/α,β-unsaturated/α-hetero) is 1. The van der Waals surface area contributed by atoms with Gasteiger partial charge in [-0.3, -0.25) is 4.79 Å². The second kappa shape index (κ2) is 7.43. The Bertz CT molecular complexity index is 487. The number of likely N-dealkylation sites (tertiary alicyclic amines) is 1. The molecule has 1 heterocycles. The van der Waals surface area contributed by atoms with Crippen LogP contribution in [0.5, 0.6) is 11.5 Å². The van der Waals surface area contributed by atoms with E-state index in [1.54, 1.807) is 32.4 Å². The number of β-amino-alcohol motifs (C(OH)–C–C–N with tert-alkyl or cyclic N) is 1. The first-order chi connectivity index (χ1) is 10.2. The lowest BCUT2D eigenvalue weighted by molar-refractivity contribution is 0.0791. The average Bonchev–Trinajstić information content (AvgIpc) is 2.54. The molecule has 0 radical (unpaired) electrons. The van der Waals surface area contributed by atoms with Crippen molar-refractivity contribution in [3.63, 3.8) is 0 Å². The molecule has 1 N–H and O–H groups in total. The van der Waals surface area contributed by atoms with Crippen molar-refractivity contribution >= 4 is 5.78 Å². The van der Waals surface area contributed by atoms with Gasteiger partial charge in [0.1, 0.15) is 11.5 Å². The van der Waals surface area contributed by atoms with Crippen LogP contribution in [-0.2, 0) is 0 Å². The maximum Gasteiger partial charge on any atom is 0.170 e. The Hall–Kier alpha value is -1.59. The quantitative estimate of drug-likeness (QED) is 0.807. The van der Waals surface area contributed by atoms with Crippen LogP contribution < -0.4 is 9.47 Å². The summed E-state index contributed by atoms with van der Waals surface area (Å²) in [6.07, 6.45) is 1.87. The standard InChI is InChI=1S/C16H23NO4/c1-20-13-5-6-14(15(10-13)21-2)16(19)12-4-3-7-17(11-12)8-9-18/h5-6,10,12,18H,3-4,7-9,11H2,1-2H3. The average molecular weight is 293 g/mol. The van der Waals surface area contributed by atoms with Crippen LogP contribution in [0.4, 0.5) is 0 Å². The molecule has 5 heteroatoms. The van der Waals surface area contributed by atoms with Crippen LogP contribution in [0.3, 0.4) is 0 Å². The van der Waals surface area contributed by atoms with Crippen LogP contribution in [0.1, 0.15) is 23.2 Å². The predicted octanol–water partition coefficient (Wildman–Crippen LogP) is 1.59. The number of aliphatic hydroxyl groups excluding tert-OH is 1. The summed E-state index contributed by atoms with van der Waals surface area (Å²) < 4.78 is 10.5. The van der Waals surface area contributed by atoms with Crippen molar-refractivity contribution < 1.29 is 19.4 Å². The third-order valence-corrected chi connectivity index (χ3v) is 3.97. The highest BCUT2D eigenvalue weighted by Gasteiger charge is 2.28. The molecule has 0 saturated carbocycles. The molecule has 1 aliphatic heterocycles. The lowest BCUT2D eigenvalue weighted by atomic mass is 9.89. The van der Waals surface area contributed by atoms with E-state index in [1.165, 1.54) is 0 Å². The summed E-state index contributed by atoms with van der Waals surface area (Å²) in [6.45, 7) is 2.41. The summed E-state index contributed by atoms with van der Waals surface area (Å²) in [5, 5.41) is 9.04. The third kappa shape index (κ3) is 3.74. The van der Waals surface area contributed by atoms with Crippen molar-refractivity contribution in [3.8, 4) is 11.5 Å². The smallest absolute Gasteiger partial charge is 0.170 e. The van der Waals surface area contributed by atoms with Crippen LogP contribution in [-0.4, -0.2) is 56.3 Å². The maximum atomic E-state index is 12.7. The number of ether oxygens (including phenoxy) is 2. The molecule has 21 heavy (non-hydrogen) atoms. The fourth-order valence-electron chi connectivity index (χ4n) is 2.84. The second-order valence-electron chi connectivity index (χ2n) is 5.29. The third-order valence-electron chi connectivity index (χ3n) is 3.97. The minimum Gasteiger partial charge on any atom is -0.497 e. The first kappa shape index (κ1) is 15.8. The molecule has 2 rings (SSSR count). The van der Waals surface area contributed by atoms with Gasteiger partial charge in [-0.05, 0) is 31.5 Å². The SMILES string of the molecule is COc1ccc(C(=O)C2CCCN(CCO)C2)c(OC)c1. The van der Waals surface area contributed by atoms with Gasteiger partial charge in [-0.25, -0.2) is 0 Å². The first-order valence-electron chi connectivity index (χ1n) is 7.29. The van der Waals surface area contributed by atoms with Crippen molar-refractivity contribution in [1.82, 2.24) is 4.90 Å². The molecule has 0 amide bonds. The van der Waals surface area contributed by atoms with E-state index in [2.05, 4.69) is 4.90 Å². The first-order valence-corrected chi connectivity index (χ1v) is 7.29. The number of nitrogens with zero attached hydrogens (tertiary/aromatic N) is 1. The number of ketones is 1. The Morgan fingerprint density at radius 3 is 2.86 bits per heavy atom. The van der Waals surface area contributed by atoms with Crippen molar-refractivity contribution in [2.45, 2.75) is 12.8 Å². The molecule has 116 valence electrons. The van der Waals surface area contributed by atoms with Gasteiger partial charge in [0.05, 0.1) is 26.4 Å². The van der Waals surface area contributed by atoms with Gasteiger partial charge in [0.15, 0.2) is 5.78 Å². The number of benzene rings is 1. The van der Waals surface area contributed by atoms with Gasteiger partial charge in [-0.15, -0.1) is 0 Å². The summed E-state index contributed by atoms with van der Waals surface area (Å²) in [5.41, 5.74) is 0.606. The molecule has 1 saturated heterocycles. The molecule has 5 nitrogen and oxygen atoms in total. The van der Waals surface area contributed by atoms with Gasteiger partial charge in [-0.1, -0.05) is 0 Å². The van der Waals surface area contributed by atoms with Crippen LogP contribution in [0.15, 0.2) is 18.2 Å². The lowest BCUT2D eigenvalue weighted by Gasteiger charge is -2.31. The molecule has 0 aromatic heterocycles. The fourth-order valence-corrected chi connectivity index (χ4v) is 2.84. The van der Waals surface area contributed by atoms with Crippen LogP contribution >= 0.6 is 0 Å². The van der Waals surface area contributed by atoms with Gasteiger partial charge < -0.3 is 19.5 Å². The highest BCUT2D eigenvalue weighted by Crippen LogP contribution is 2.29. The van der Waals surface area contributed by atoms with Gasteiger partial charge in [0.25, 0.3) is 0 Å². The molecular weight excluding hydrogens is 270 g/mol. The molecule has 0 bridgehead atoms. The van der Waals surface area contributed by atoms with Crippen LogP contribution in [0, 0.1) is 5.92 Å². The fraction of sp³-hybridized carbons (Fsp3) is 0.562. The molecule has 1 aromatic rings. The zero-order chi connectivity index (χ0) is 15.2. The van der Waals surface area contributed by atoms with E-state index in [1.807, 2.05) is 0 Å². The molecule has 1 atom stereocenters. The highest BCUT2D eigenvalue weighted by atomic mass is 16.5. The summed E-state index contributed by atoms with van der Waals surface area (Å²) >= 11 is 0. The predicted molar refractivity (Wildman–Crippen MR) is 80.1 cm³/mol. The van der Waals surface area contributed by atoms with Crippen molar-refractivity contribution in [3.05, 3.63) is 23.8 Å². The van der Waals surface area contributed by atoms with Gasteiger partial charge >= 0.3 is 0 Å². The summed E-state index contributed by atoms with van der Waals surface area (Å²) in [5.74, 6) is 1.30. The monoisotopic (exact) mass is 293 g/mol. The Morgan fingerprint density at radius 1 is 1.38 bits per heavy atom. The van der Waals surface area contributed by atoms with E-state index in [9.17, 15) is 4.79 Å². The Balaban J connectivity index is 2.15. The van der Waals surface area contributed by atoms with E-state index in [0.29, 0.717) is 30.2 Å². The Kier molecular flexibility index (Phi) is 5.59. The number of carbonyl (C=O) groups is 1. The number of rotatable bonds is 6.